The molecule has 0 unspecified atom stereocenters. The van der Waals surface area contributed by atoms with E-state index in [4.69, 9.17) is 9.59 Å². The molecule has 0 rings (SSSR count). The van der Waals surface area contributed by atoms with E-state index in [2.05, 4.69) is 0 Å². The van der Waals surface area contributed by atoms with Gasteiger partial charge in [-0.1, -0.05) is 0 Å². The van der Waals surface area contributed by atoms with Crippen molar-refractivity contribution in [3.05, 3.63) is 12.2 Å². The molecular weight excluding hydrogens is 144 g/mol. The van der Waals surface area contributed by atoms with Gasteiger partial charge in [-0.3, -0.25) is 0 Å². The van der Waals surface area contributed by atoms with Crippen LogP contribution in [0, 0.1) is 0 Å². The molecule has 2 nitrogen and oxygen atoms in total. The first kappa shape index (κ1) is 10.8. The van der Waals surface area contributed by atoms with Crippen molar-refractivity contribution < 1.29 is 27.2 Å². The minimum Gasteiger partial charge on any atom is -0.186 e. The maximum absolute atomic E-state index is 10.3. The van der Waals surface area contributed by atoms with E-state index in [9.17, 15) is 17.6 Å². The summed E-state index contributed by atoms with van der Waals surface area (Å²) in [5.41, 5.74) is 0. The zero-order valence-electron chi connectivity index (χ0n) is 3.83. The lowest BCUT2D eigenvalue weighted by molar-refractivity contribution is -0.191. The molecule has 0 aliphatic rings. The number of hydrogen-bond acceptors (Lipinski definition) is 2. The Balaban J connectivity index is 0. The van der Waals surface area contributed by atoms with E-state index in [0.29, 0.717) is 0 Å². The van der Waals surface area contributed by atoms with E-state index in [0.717, 1.165) is 0 Å². The zero-order valence-corrected chi connectivity index (χ0v) is 3.83. The van der Waals surface area contributed by atoms with Gasteiger partial charge in [0.1, 0.15) is 0 Å². The van der Waals surface area contributed by atoms with Gasteiger partial charge >= 0.3 is 18.3 Å². The van der Waals surface area contributed by atoms with Crippen LogP contribution in [0.2, 0.25) is 0 Å². The van der Waals surface area contributed by atoms with Gasteiger partial charge in [-0.05, 0) is 0 Å². The summed E-state index contributed by atoms with van der Waals surface area (Å²) in [7, 11) is 0. The van der Waals surface area contributed by atoms with Crippen LogP contribution in [0.3, 0.4) is 0 Å². The molecule has 0 bridgehead atoms. The topological polar surface area (TPSA) is 34.1 Å². The highest BCUT2D eigenvalue weighted by molar-refractivity contribution is 5.20. The second-order valence-corrected chi connectivity index (χ2v) is 0.604. The number of carbonyl (C=O) groups excluding carboxylic acids is 2. The Kier molecular flexibility index (Phi) is 8.17. The molecule has 0 atom stereocenters. The van der Waals surface area contributed by atoms with E-state index < -0.39 is 12.2 Å². The van der Waals surface area contributed by atoms with Crippen molar-refractivity contribution in [3.8, 4) is 0 Å². The van der Waals surface area contributed by atoms with Gasteiger partial charge < -0.3 is 0 Å². The third-order valence-electron chi connectivity index (χ3n) is 0.143. The maximum Gasteiger partial charge on any atom is 0.373 e. The summed E-state index contributed by atoms with van der Waals surface area (Å²) < 4.78 is 41.1. The molecule has 0 spiro atoms. The van der Waals surface area contributed by atoms with Crippen LogP contribution in [0.15, 0.2) is 12.2 Å². The van der Waals surface area contributed by atoms with Crippen LogP contribution in [0.5, 0.6) is 0 Å². The van der Waals surface area contributed by atoms with Crippen LogP contribution in [-0.2, 0) is 9.59 Å². The highest BCUT2D eigenvalue weighted by Gasteiger charge is 1.98. The Bertz CT molecular complexity index is 117. The van der Waals surface area contributed by atoms with E-state index >= 15 is 0 Å². The summed E-state index contributed by atoms with van der Waals surface area (Å²) in [4.78, 5) is 16.2. The smallest absolute Gasteiger partial charge is 0.186 e. The Labute approximate surface area is 46.8 Å². The maximum atomic E-state index is 10.3. The molecule has 0 radical (unpaired) electrons. The molecule has 9 heavy (non-hydrogen) atoms. The van der Waals surface area contributed by atoms with Crippen molar-refractivity contribution in [1.82, 2.24) is 0 Å². The normalized spacial score (nSPS) is 6.22. The highest BCUT2D eigenvalue weighted by atomic mass is 19.3. The molecule has 0 heterocycles. The van der Waals surface area contributed by atoms with E-state index in [1.54, 1.807) is 0 Å². The van der Waals surface area contributed by atoms with Crippen LogP contribution in [0.25, 0.3) is 0 Å². The molecule has 0 aromatic rings. The van der Waals surface area contributed by atoms with Gasteiger partial charge in [0.25, 0.3) is 0 Å². The largest absolute Gasteiger partial charge is 0.373 e. The molecule has 0 amide bonds. The van der Waals surface area contributed by atoms with Crippen LogP contribution in [-0.4, -0.2) is 6.15 Å². The van der Waals surface area contributed by atoms with E-state index in [1.807, 2.05) is 0 Å². The fourth-order valence-corrected chi connectivity index (χ4v) is 0. The molecule has 0 aromatic heterocycles. The van der Waals surface area contributed by atoms with Gasteiger partial charge in [0.15, 0.2) is 0 Å². The molecule has 0 aromatic carbocycles. The summed E-state index contributed by atoms with van der Waals surface area (Å²) in [5, 5.41) is 0. The molecule has 0 N–H and O–H groups in total. The van der Waals surface area contributed by atoms with Gasteiger partial charge in [-0.15, -0.1) is 0 Å². The fourth-order valence-electron chi connectivity index (χ4n) is 0. The van der Waals surface area contributed by atoms with E-state index in [1.165, 1.54) is 0 Å². The molecule has 0 fully saturated rings. The predicted molar refractivity (Wildman–Crippen MR) is 16.5 cm³/mol. The second kappa shape index (κ2) is 6.84. The van der Waals surface area contributed by atoms with Crippen LogP contribution in [0.1, 0.15) is 0 Å². The Hall–Kier alpha value is -1.16. The van der Waals surface area contributed by atoms with Crippen molar-refractivity contribution in [1.29, 1.82) is 0 Å². The van der Waals surface area contributed by atoms with Crippen LogP contribution < -0.4 is 0 Å². The molecule has 0 saturated heterocycles. The number of rotatable bonds is 0. The molecule has 0 aliphatic heterocycles. The Morgan fingerprint density at radius 1 is 0.889 bits per heavy atom. The number of hydrogen-bond donors (Lipinski definition) is 0. The first-order chi connectivity index (χ1) is 4.06. The predicted octanol–water partition coefficient (Wildman–Crippen LogP) is 1.41. The van der Waals surface area contributed by atoms with Crippen LogP contribution >= 0.6 is 0 Å². The lowest BCUT2D eigenvalue weighted by Crippen LogP contribution is -1.56. The minimum absolute atomic E-state index is 0.250. The van der Waals surface area contributed by atoms with Crippen LogP contribution in [0.4, 0.5) is 17.6 Å². The summed E-state index contributed by atoms with van der Waals surface area (Å²) in [6.07, 6.45) is -5.56. The van der Waals surface area contributed by atoms with Crippen molar-refractivity contribution in [3.63, 3.8) is 0 Å². The molecular formula is C3F4O2. The summed E-state index contributed by atoms with van der Waals surface area (Å²) in [6, 6.07) is 0. The third-order valence-corrected chi connectivity index (χ3v) is 0.143. The second-order valence-electron chi connectivity index (χ2n) is 0.604. The molecule has 6 heteroatoms. The fraction of sp³-hybridized carbons (Fsp3) is 0. The van der Waals surface area contributed by atoms with Crippen molar-refractivity contribution in [2.75, 3.05) is 0 Å². The molecule has 52 valence electrons. The quantitative estimate of drug-likeness (QED) is 0.481. The van der Waals surface area contributed by atoms with Gasteiger partial charge in [0.2, 0.25) is 0 Å². The van der Waals surface area contributed by atoms with Crippen molar-refractivity contribution in [2.45, 2.75) is 0 Å². The summed E-state index contributed by atoms with van der Waals surface area (Å²) >= 11 is 0. The zero-order chi connectivity index (χ0) is 7.86. The van der Waals surface area contributed by atoms with Crippen molar-refractivity contribution in [2.24, 2.45) is 0 Å². The SMILES string of the molecule is FC(F)=C(F)F.O=C=O. The first-order valence-corrected chi connectivity index (χ1v) is 1.41. The average molecular weight is 144 g/mol. The van der Waals surface area contributed by atoms with Gasteiger partial charge in [0, 0.05) is 0 Å². The Morgan fingerprint density at radius 2 is 1.00 bits per heavy atom. The average Bonchev–Trinajstić information content (AvgIpc) is 1.68. The molecule has 0 aliphatic carbocycles. The minimum atomic E-state index is -2.91. The summed E-state index contributed by atoms with van der Waals surface area (Å²) in [6.45, 7) is 0. The third kappa shape index (κ3) is 19.9. The highest BCUT2D eigenvalue weighted by Crippen LogP contribution is 2.08. The van der Waals surface area contributed by atoms with Gasteiger partial charge in [-0.25, -0.2) is 0 Å². The Morgan fingerprint density at radius 3 is 1.00 bits per heavy atom. The first-order valence-electron chi connectivity index (χ1n) is 1.41. The standard InChI is InChI=1S/C2F4.CO2/c3-1(4)2(5)6;2-1-3. The van der Waals surface area contributed by atoms with Gasteiger partial charge in [0.05, 0.1) is 0 Å². The lowest BCUT2D eigenvalue weighted by Gasteiger charge is -1.69. The lowest BCUT2D eigenvalue weighted by atomic mass is 11.1. The monoisotopic (exact) mass is 144 g/mol. The van der Waals surface area contributed by atoms with Crippen molar-refractivity contribution >= 4 is 6.15 Å². The van der Waals surface area contributed by atoms with E-state index in [-0.39, 0.29) is 6.15 Å². The molecule has 0 saturated carbocycles. The summed E-state index contributed by atoms with van der Waals surface area (Å²) in [5.74, 6) is 0. The number of halogens is 4. The van der Waals surface area contributed by atoms with Gasteiger partial charge in [-0.2, -0.15) is 27.2 Å².